The van der Waals surface area contributed by atoms with E-state index in [9.17, 15) is 10.1 Å². The number of aromatic nitrogens is 1. The zero-order chi connectivity index (χ0) is 22.5. The van der Waals surface area contributed by atoms with E-state index in [2.05, 4.69) is 36.3 Å². The summed E-state index contributed by atoms with van der Waals surface area (Å²) in [6.45, 7) is 7.18. The van der Waals surface area contributed by atoms with E-state index in [1.54, 1.807) is 22.0 Å². The summed E-state index contributed by atoms with van der Waals surface area (Å²) in [5.74, 6) is 0. The van der Waals surface area contributed by atoms with E-state index in [0.29, 0.717) is 16.7 Å². The molecule has 2 aromatic heterocycles. The molecule has 4 rings (SSSR count). The number of benzene rings is 2. The fraction of sp³-hybridized carbons (Fsp3) is 0.185. The first-order valence-electron chi connectivity index (χ1n) is 10.8. The van der Waals surface area contributed by atoms with Crippen LogP contribution >= 0.6 is 11.3 Å². The lowest BCUT2D eigenvalue weighted by molar-refractivity contribution is 0.299. The highest BCUT2D eigenvalue weighted by Crippen LogP contribution is 2.32. The topological polar surface area (TPSA) is 49.0 Å². The zero-order valence-corrected chi connectivity index (χ0v) is 19.1. The van der Waals surface area contributed by atoms with Gasteiger partial charge in [0.2, 0.25) is 0 Å². The Morgan fingerprint density at radius 3 is 2.38 bits per heavy atom. The van der Waals surface area contributed by atoms with Crippen LogP contribution in [0.1, 0.15) is 24.3 Å². The molecule has 0 aliphatic rings. The quantitative estimate of drug-likeness (QED) is 0.358. The maximum absolute atomic E-state index is 13.6. The van der Waals surface area contributed by atoms with E-state index in [4.69, 9.17) is 0 Å². The molecule has 4 aromatic rings. The minimum absolute atomic E-state index is 0.136. The molecular formula is C27H25N3OS. The van der Waals surface area contributed by atoms with Crippen molar-refractivity contribution in [3.63, 3.8) is 0 Å². The van der Waals surface area contributed by atoms with Crippen LogP contribution in [0.25, 0.3) is 27.9 Å². The van der Waals surface area contributed by atoms with Crippen molar-refractivity contribution in [3.8, 4) is 34.0 Å². The summed E-state index contributed by atoms with van der Waals surface area (Å²) in [6.07, 6.45) is 1.92. The van der Waals surface area contributed by atoms with Gasteiger partial charge in [-0.1, -0.05) is 50.2 Å². The van der Waals surface area contributed by atoms with Gasteiger partial charge < -0.3 is 0 Å². The van der Waals surface area contributed by atoms with Gasteiger partial charge in [0.15, 0.2) is 0 Å². The van der Waals surface area contributed by atoms with Crippen molar-refractivity contribution in [1.82, 2.24) is 9.47 Å². The molecule has 0 spiro atoms. The molecule has 160 valence electrons. The summed E-state index contributed by atoms with van der Waals surface area (Å²) in [4.78, 5) is 17.2. The van der Waals surface area contributed by atoms with E-state index in [0.717, 1.165) is 36.4 Å². The lowest BCUT2D eigenvalue weighted by Gasteiger charge is -2.19. The SMILES string of the molecule is CCN(CC)Cc1sccc1-c1cc(-c2ccccc2C#N)c(=O)n(-c2ccccc2)c1. The summed E-state index contributed by atoms with van der Waals surface area (Å²) in [5.41, 5.74) is 4.45. The Hall–Kier alpha value is -3.46. The monoisotopic (exact) mass is 439 g/mol. The number of rotatable bonds is 7. The molecule has 0 aliphatic heterocycles. The van der Waals surface area contributed by atoms with Gasteiger partial charge in [0.1, 0.15) is 0 Å². The van der Waals surface area contributed by atoms with Crippen molar-refractivity contribution in [1.29, 1.82) is 5.26 Å². The molecule has 0 amide bonds. The van der Waals surface area contributed by atoms with Crippen LogP contribution in [-0.4, -0.2) is 22.6 Å². The Labute approximate surface area is 192 Å². The maximum atomic E-state index is 13.6. The van der Waals surface area contributed by atoms with Gasteiger partial charge in [-0.25, -0.2) is 0 Å². The molecule has 0 radical (unpaired) electrons. The molecule has 5 heteroatoms. The third kappa shape index (κ3) is 4.29. The van der Waals surface area contributed by atoms with Crippen LogP contribution in [0.3, 0.4) is 0 Å². The first-order valence-corrected chi connectivity index (χ1v) is 11.6. The highest BCUT2D eigenvalue weighted by atomic mass is 32.1. The molecule has 0 saturated carbocycles. The Kier molecular flexibility index (Phi) is 6.65. The summed E-state index contributed by atoms with van der Waals surface area (Å²) in [6, 6.07) is 23.2. The van der Waals surface area contributed by atoms with Crippen molar-refractivity contribution < 1.29 is 0 Å². The standard InChI is InChI=1S/C27H25N3OS/c1-3-29(4-2)19-26-24(14-15-32-26)21-16-25(23-13-9-8-10-20(23)17-28)27(31)30(18-21)22-11-6-5-7-12-22/h5-16,18H,3-4,19H2,1-2H3. The number of thiophene rings is 1. The van der Waals surface area contributed by atoms with Gasteiger partial charge in [-0.15, -0.1) is 11.3 Å². The van der Waals surface area contributed by atoms with Crippen LogP contribution in [0.15, 0.2) is 83.1 Å². The van der Waals surface area contributed by atoms with Crippen molar-refractivity contribution in [3.05, 3.63) is 99.1 Å². The van der Waals surface area contributed by atoms with Crippen LogP contribution in [0.4, 0.5) is 0 Å². The van der Waals surface area contributed by atoms with Crippen molar-refractivity contribution >= 4 is 11.3 Å². The van der Waals surface area contributed by atoms with Crippen molar-refractivity contribution in [2.45, 2.75) is 20.4 Å². The lowest BCUT2D eigenvalue weighted by Crippen LogP contribution is -2.22. The van der Waals surface area contributed by atoms with E-state index >= 15 is 0 Å². The average molecular weight is 440 g/mol. The normalized spacial score (nSPS) is 10.9. The molecular weight excluding hydrogens is 414 g/mol. The maximum Gasteiger partial charge on any atom is 0.263 e. The van der Waals surface area contributed by atoms with Crippen molar-refractivity contribution in [2.24, 2.45) is 0 Å². The molecule has 0 atom stereocenters. The number of hydrogen-bond donors (Lipinski definition) is 0. The molecule has 0 fully saturated rings. The van der Waals surface area contributed by atoms with Crippen LogP contribution < -0.4 is 5.56 Å². The number of nitriles is 1. The third-order valence-electron chi connectivity index (χ3n) is 5.71. The van der Waals surface area contributed by atoms with E-state index in [-0.39, 0.29) is 5.56 Å². The molecule has 0 N–H and O–H groups in total. The third-order valence-corrected chi connectivity index (χ3v) is 6.61. The van der Waals surface area contributed by atoms with E-state index in [1.165, 1.54) is 4.88 Å². The predicted molar refractivity (Wildman–Crippen MR) is 132 cm³/mol. The molecule has 2 aromatic carbocycles. The van der Waals surface area contributed by atoms with Crippen LogP contribution in [-0.2, 0) is 6.54 Å². The van der Waals surface area contributed by atoms with Gasteiger partial charge >= 0.3 is 0 Å². The van der Waals surface area contributed by atoms with E-state index < -0.39 is 0 Å². The largest absolute Gasteiger partial charge is 0.299 e. The summed E-state index contributed by atoms with van der Waals surface area (Å²) in [7, 11) is 0. The smallest absolute Gasteiger partial charge is 0.263 e. The number of para-hydroxylation sites is 1. The number of pyridine rings is 1. The second kappa shape index (κ2) is 9.78. The highest BCUT2D eigenvalue weighted by Gasteiger charge is 2.17. The van der Waals surface area contributed by atoms with E-state index in [1.807, 2.05) is 60.8 Å². The van der Waals surface area contributed by atoms with Crippen LogP contribution in [0.2, 0.25) is 0 Å². The van der Waals surface area contributed by atoms with Crippen LogP contribution in [0, 0.1) is 11.3 Å². The van der Waals surface area contributed by atoms with Gasteiger partial charge in [-0.05, 0) is 54.4 Å². The van der Waals surface area contributed by atoms with Gasteiger partial charge in [0, 0.05) is 40.0 Å². The molecule has 0 aliphatic carbocycles. The minimum atomic E-state index is -0.136. The Morgan fingerprint density at radius 2 is 1.66 bits per heavy atom. The molecule has 0 saturated heterocycles. The predicted octanol–water partition coefficient (Wildman–Crippen LogP) is 5.95. The molecule has 32 heavy (non-hydrogen) atoms. The van der Waals surface area contributed by atoms with Gasteiger partial charge in [0.25, 0.3) is 5.56 Å². The first-order chi connectivity index (χ1) is 15.7. The molecule has 2 heterocycles. The fourth-order valence-electron chi connectivity index (χ4n) is 3.89. The van der Waals surface area contributed by atoms with Gasteiger partial charge in [-0.3, -0.25) is 14.3 Å². The highest BCUT2D eigenvalue weighted by molar-refractivity contribution is 7.10. The molecule has 4 nitrogen and oxygen atoms in total. The van der Waals surface area contributed by atoms with Gasteiger partial charge in [-0.2, -0.15) is 5.26 Å². The Bertz CT molecular complexity index is 1310. The Balaban J connectivity index is 1.95. The summed E-state index contributed by atoms with van der Waals surface area (Å²) < 4.78 is 1.69. The Morgan fingerprint density at radius 1 is 0.938 bits per heavy atom. The van der Waals surface area contributed by atoms with Crippen LogP contribution in [0.5, 0.6) is 0 Å². The summed E-state index contributed by atoms with van der Waals surface area (Å²) in [5, 5.41) is 11.8. The summed E-state index contributed by atoms with van der Waals surface area (Å²) >= 11 is 1.74. The molecule has 0 unspecified atom stereocenters. The number of nitrogens with zero attached hydrogens (tertiary/aromatic N) is 3. The zero-order valence-electron chi connectivity index (χ0n) is 18.3. The lowest BCUT2D eigenvalue weighted by atomic mass is 9.98. The average Bonchev–Trinajstić information content (AvgIpc) is 3.31. The number of hydrogen-bond acceptors (Lipinski definition) is 4. The molecule has 0 bridgehead atoms. The van der Waals surface area contributed by atoms with Gasteiger partial charge in [0.05, 0.1) is 11.6 Å². The second-order valence-corrected chi connectivity index (χ2v) is 8.53. The fourth-order valence-corrected chi connectivity index (χ4v) is 4.83. The van der Waals surface area contributed by atoms with Crippen molar-refractivity contribution in [2.75, 3.05) is 13.1 Å². The first kappa shape index (κ1) is 21.8. The second-order valence-electron chi connectivity index (χ2n) is 7.53. The minimum Gasteiger partial charge on any atom is -0.299 e.